The summed E-state index contributed by atoms with van der Waals surface area (Å²) in [4.78, 5) is 17.6. The van der Waals surface area contributed by atoms with Crippen LogP contribution in [0.25, 0.3) is 5.69 Å². The van der Waals surface area contributed by atoms with Crippen LogP contribution in [-0.4, -0.2) is 58.3 Å². The zero-order valence-electron chi connectivity index (χ0n) is 18.5. The molecule has 0 spiro atoms. The molecule has 0 bridgehead atoms. The molecule has 0 atom stereocenters. The van der Waals surface area contributed by atoms with Gasteiger partial charge in [-0.2, -0.15) is 5.10 Å². The third kappa shape index (κ3) is 4.64. The van der Waals surface area contributed by atoms with Crippen LogP contribution in [0.3, 0.4) is 0 Å². The predicted octanol–water partition coefficient (Wildman–Crippen LogP) is 3.85. The van der Waals surface area contributed by atoms with Crippen molar-refractivity contribution in [1.29, 1.82) is 0 Å². The monoisotopic (exact) mass is 418 g/mol. The molecule has 1 aliphatic rings. The second-order valence-corrected chi connectivity index (χ2v) is 7.94. The summed E-state index contributed by atoms with van der Waals surface area (Å²) in [5, 5.41) is 4.64. The van der Waals surface area contributed by atoms with E-state index in [2.05, 4.69) is 22.1 Å². The number of rotatable bonds is 6. The number of carbonyl (C=O) groups excluding carboxylic acids is 1. The summed E-state index contributed by atoms with van der Waals surface area (Å²) in [7, 11) is 0. The standard InChI is InChI=1S/C25H30N4O2/c1-4-31-23-12-10-21(11-13-23)18-27-14-16-28(17-15-27)25(30)24-19(2)26-29(20(24)3)22-8-6-5-7-9-22/h5-13H,4,14-18H2,1-3H3. The molecular weight excluding hydrogens is 388 g/mol. The second-order valence-electron chi connectivity index (χ2n) is 7.94. The fourth-order valence-corrected chi connectivity index (χ4v) is 4.16. The van der Waals surface area contributed by atoms with E-state index < -0.39 is 0 Å². The van der Waals surface area contributed by atoms with Gasteiger partial charge in [-0.15, -0.1) is 0 Å². The molecule has 0 radical (unpaired) electrons. The van der Waals surface area contributed by atoms with Gasteiger partial charge in [-0.1, -0.05) is 30.3 Å². The molecule has 4 rings (SSSR count). The maximum atomic E-state index is 13.3. The van der Waals surface area contributed by atoms with Crippen molar-refractivity contribution in [3.63, 3.8) is 0 Å². The molecule has 2 aromatic carbocycles. The summed E-state index contributed by atoms with van der Waals surface area (Å²) in [6, 6.07) is 18.2. The van der Waals surface area contributed by atoms with Crippen molar-refractivity contribution in [2.45, 2.75) is 27.3 Å². The first-order chi connectivity index (χ1) is 15.1. The number of hydrogen-bond acceptors (Lipinski definition) is 4. The zero-order chi connectivity index (χ0) is 21.8. The van der Waals surface area contributed by atoms with Crippen LogP contribution in [0.5, 0.6) is 5.75 Å². The smallest absolute Gasteiger partial charge is 0.257 e. The topological polar surface area (TPSA) is 50.6 Å². The minimum Gasteiger partial charge on any atom is -0.494 e. The molecule has 0 unspecified atom stereocenters. The van der Waals surface area contributed by atoms with Crippen LogP contribution in [-0.2, 0) is 6.54 Å². The Labute approximate surface area is 184 Å². The van der Waals surface area contributed by atoms with Crippen LogP contribution in [0, 0.1) is 13.8 Å². The first-order valence-electron chi connectivity index (χ1n) is 10.9. The first kappa shape index (κ1) is 21.1. The third-order valence-corrected chi connectivity index (χ3v) is 5.81. The molecule has 162 valence electrons. The maximum Gasteiger partial charge on any atom is 0.257 e. The van der Waals surface area contributed by atoms with Gasteiger partial charge in [-0.3, -0.25) is 9.69 Å². The van der Waals surface area contributed by atoms with Crippen molar-refractivity contribution < 1.29 is 9.53 Å². The zero-order valence-corrected chi connectivity index (χ0v) is 18.5. The van der Waals surface area contributed by atoms with Gasteiger partial charge in [-0.05, 0) is 50.6 Å². The molecule has 31 heavy (non-hydrogen) atoms. The Morgan fingerprint density at radius 3 is 2.29 bits per heavy atom. The van der Waals surface area contributed by atoms with E-state index in [0.29, 0.717) is 6.61 Å². The van der Waals surface area contributed by atoms with Crippen LogP contribution in [0.4, 0.5) is 0 Å². The van der Waals surface area contributed by atoms with Gasteiger partial charge in [0, 0.05) is 32.7 Å². The summed E-state index contributed by atoms with van der Waals surface area (Å²) in [5.41, 5.74) is 4.64. The first-order valence-corrected chi connectivity index (χ1v) is 10.9. The van der Waals surface area contributed by atoms with Gasteiger partial charge in [0.2, 0.25) is 0 Å². The van der Waals surface area contributed by atoms with Crippen molar-refractivity contribution in [1.82, 2.24) is 19.6 Å². The molecule has 1 aliphatic heterocycles. The van der Waals surface area contributed by atoms with E-state index in [1.54, 1.807) is 0 Å². The van der Waals surface area contributed by atoms with Crippen molar-refractivity contribution in [3.05, 3.63) is 77.1 Å². The van der Waals surface area contributed by atoms with Gasteiger partial charge in [-0.25, -0.2) is 4.68 Å². The highest BCUT2D eigenvalue weighted by Gasteiger charge is 2.27. The van der Waals surface area contributed by atoms with E-state index in [9.17, 15) is 4.79 Å². The predicted molar refractivity (Wildman–Crippen MR) is 122 cm³/mol. The highest BCUT2D eigenvalue weighted by atomic mass is 16.5. The fraction of sp³-hybridized carbons (Fsp3) is 0.360. The molecule has 6 nitrogen and oxygen atoms in total. The average Bonchev–Trinajstić information content (AvgIpc) is 3.10. The van der Waals surface area contributed by atoms with Crippen molar-refractivity contribution in [2.24, 2.45) is 0 Å². The van der Waals surface area contributed by atoms with E-state index in [4.69, 9.17) is 4.74 Å². The van der Waals surface area contributed by atoms with Gasteiger partial charge >= 0.3 is 0 Å². The molecule has 1 aromatic heterocycles. The Balaban J connectivity index is 1.39. The number of ether oxygens (including phenoxy) is 1. The number of benzene rings is 2. The molecular formula is C25H30N4O2. The van der Waals surface area contributed by atoms with E-state index in [1.165, 1.54) is 5.56 Å². The summed E-state index contributed by atoms with van der Waals surface area (Å²) in [6.07, 6.45) is 0. The highest BCUT2D eigenvalue weighted by Crippen LogP contribution is 2.21. The number of para-hydroxylation sites is 1. The van der Waals surface area contributed by atoms with Crippen molar-refractivity contribution >= 4 is 5.91 Å². The Kier molecular flexibility index (Phi) is 6.37. The Morgan fingerprint density at radius 1 is 0.968 bits per heavy atom. The second kappa shape index (κ2) is 9.35. The maximum absolute atomic E-state index is 13.3. The molecule has 0 saturated carbocycles. The number of piperazine rings is 1. The van der Waals surface area contributed by atoms with Crippen molar-refractivity contribution in [3.8, 4) is 11.4 Å². The molecule has 2 heterocycles. The molecule has 1 saturated heterocycles. The van der Waals surface area contributed by atoms with Crippen LogP contribution in [0.2, 0.25) is 0 Å². The minimum absolute atomic E-state index is 0.0814. The van der Waals surface area contributed by atoms with E-state index in [0.717, 1.165) is 61.1 Å². The quantitative estimate of drug-likeness (QED) is 0.610. The number of nitrogens with zero attached hydrogens (tertiary/aromatic N) is 4. The number of aryl methyl sites for hydroxylation is 1. The Hall–Kier alpha value is -3.12. The van der Waals surface area contributed by atoms with Crippen LogP contribution in [0.1, 0.15) is 34.2 Å². The highest BCUT2D eigenvalue weighted by molar-refractivity contribution is 5.96. The molecule has 3 aromatic rings. The van der Waals surface area contributed by atoms with Gasteiger partial charge in [0.1, 0.15) is 5.75 Å². The van der Waals surface area contributed by atoms with E-state index in [1.807, 2.05) is 72.8 Å². The molecule has 1 fully saturated rings. The molecule has 1 amide bonds. The average molecular weight is 419 g/mol. The van der Waals surface area contributed by atoms with Crippen LogP contribution in [0.15, 0.2) is 54.6 Å². The van der Waals surface area contributed by atoms with Crippen LogP contribution < -0.4 is 4.74 Å². The lowest BCUT2D eigenvalue weighted by Crippen LogP contribution is -2.48. The SMILES string of the molecule is CCOc1ccc(CN2CCN(C(=O)c3c(C)nn(-c4ccccc4)c3C)CC2)cc1. The lowest BCUT2D eigenvalue weighted by molar-refractivity contribution is 0.0627. The van der Waals surface area contributed by atoms with Gasteiger partial charge in [0.05, 0.1) is 29.2 Å². The van der Waals surface area contributed by atoms with Gasteiger partial charge in [0.15, 0.2) is 0 Å². The number of carbonyl (C=O) groups is 1. The van der Waals surface area contributed by atoms with E-state index >= 15 is 0 Å². The summed E-state index contributed by atoms with van der Waals surface area (Å²) in [6.45, 7) is 10.6. The largest absolute Gasteiger partial charge is 0.494 e. The number of aromatic nitrogens is 2. The lowest BCUT2D eigenvalue weighted by Gasteiger charge is -2.34. The summed E-state index contributed by atoms with van der Waals surface area (Å²) in [5.74, 6) is 0.987. The molecule has 6 heteroatoms. The Bertz CT molecular complexity index is 1020. The lowest BCUT2D eigenvalue weighted by atomic mass is 10.1. The number of hydrogen-bond donors (Lipinski definition) is 0. The van der Waals surface area contributed by atoms with Gasteiger partial charge < -0.3 is 9.64 Å². The molecule has 0 aliphatic carbocycles. The fourth-order valence-electron chi connectivity index (χ4n) is 4.16. The Morgan fingerprint density at radius 2 is 1.65 bits per heavy atom. The summed E-state index contributed by atoms with van der Waals surface area (Å²) >= 11 is 0. The minimum atomic E-state index is 0.0814. The summed E-state index contributed by atoms with van der Waals surface area (Å²) < 4.78 is 7.38. The molecule has 0 N–H and O–H groups in total. The van der Waals surface area contributed by atoms with E-state index in [-0.39, 0.29) is 5.91 Å². The normalized spacial score (nSPS) is 14.6. The van der Waals surface area contributed by atoms with Crippen LogP contribution >= 0.6 is 0 Å². The third-order valence-electron chi connectivity index (χ3n) is 5.81. The van der Waals surface area contributed by atoms with Gasteiger partial charge in [0.25, 0.3) is 5.91 Å². The van der Waals surface area contributed by atoms with Crippen molar-refractivity contribution in [2.75, 3.05) is 32.8 Å². The number of amides is 1.